The monoisotopic (exact) mass is 293 g/mol. The number of nitrogens with zero attached hydrogens (tertiary/aromatic N) is 3. The highest BCUT2D eigenvalue weighted by Crippen LogP contribution is 2.28. The van der Waals surface area contributed by atoms with Crippen molar-refractivity contribution >= 4 is 11.6 Å². The van der Waals surface area contributed by atoms with Crippen LogP contribution in [0.5, 0.6) is 0 Å². The fourth-order valence-corrected chi connectivity index (χ4v) is 2.75. The number of nitrogens with one attached hydrogen (secondary N) is 1. The van der Waals surface area contributed by atoms with Gasteiger partial charge in [-0.3, -0.25) is 0 Å². The molecule has 0 spiro atoms. The van der Waals surface area contributed by atoms with Gasteiger partial charge in [0.1, 0.15) is 17.5 Å². The summed E-state index contributed by atoms with van der Waals surface area (Å²) in [6.45, 7) is 10.0. The topological polar surface area (TPSA) is 76.3 Å². The van der Waals surface area contributed by atoms with Gasteiger partial charge < -0.3 is 15.1 Å². The van der Waals surface area contributed by atoms with Crippen LogP contribution in [0.4, 0.5) is 11.6 Å². The number of ether oxygens (including phenoxy) is 1. The van der Waals surface area contributed by atoms with Gasteiger partial charge in [-0.25, -0.2) is 15.8 Å². The van der Waals surface area contributed by atoms with Crippen LogP contribution in [0.3, 0.4) is 0 Å². The lowest BCUT2D eigenvalue weighted by Crippen LogP contribution is -2.49. The third kappa shape index (κ3) is 3.44. The van der Waals surface area contributed by atoms with Crippen LogP contribution in [0.1, 0.15) is 45.0 Å². The number of anilines is 2. The summed E-state index contributed by atoms with van der Waals surface area (Å²) in [5.74, 6) is 8.18. The van der Waals surface area contributed by atoms with Crippen molar-refractivity contribution in [3.63, 3.8) is 0 Å². The van der Waals surface area contributed by atoms with Gasteiger partial charge in [0.25, 0.3) is 0 Å². The summed E-state index contributed by atoms with van der Waals surface area (Å²) in [7, 11) is 0. The number of hydrogen-bond donors (Lipinski definition) is 2. The maximum atomic E-state index is 5.78. The molecule has 0 amide bonds. The summed E-state index contributed by atoms with van der Waals surface area (Å²) < 4.78 is 5.78. The average molecular weight is 293 g/mol. The fraction of sp³-hybridized carbons (Fsp3) is 0.733. The van der Waals surface area contributed by atoms with E-state index < -0.39 is 0 Å². The van der Waals surface area contributed by atoms with E-state index in [1.54, 1.807) is 0 Å². The minimum absolute atomic E-state index is 0.214. The first-order valence-electron chi connectivity index (χ1n) is 7.83. The van der Waals surface area contributed by atoms with Crippen LogP contribution in [0, 0.1) is 6.92 Å². The maximum absolute atomic E-state index is 5.78. The molecule has 0 aromatic carbocycles. The summed E-state index contributed by atoms with van der Waals surface area (Å²) in [4.78, 5) is 11.6. The predicted molar refractivity (Wildman–Crippen MR) is 85.4 cm³/mol. The Kier molecular flexibility index (Phi) is 5.36. The van der Waals surface area contributed by atoms with Crippen molar-refractivity contribution in [2.75, 3.05) is 23.5 Å². The molecule has 1 aromatic heterocycles. The molecule has 1 aliphatic rings. The van der Waals surface area contributed by atoms with E-state index >= 15 is 0 Å². The number of hydrogen-bond acceptors (Lipinski definition) is 6. The first-order valence-corrected chi connectivity index (χ1v) is 7.83. The molecular formula is C15H27N5O. The van der Waals surface area contributed by atoms with Crippen molar-refractivity contribution in [3.8, 4) is 0 Å². The van der Waals surface area contributed by atoms with Crippen LogP contribution in [0.25, 0.3) is 0 Å². The van der Waals surface area contributed by atoms with Crippen LogP contribution in [0.15, 0.2) is 0 Å². The standard InChI is InChI=1S/C15H27N5O/c1-5-7-13-17-14(19-16)11(4)15(18-13)20-8-10(3)21-9-12(20)6-2/h10,12H,5-9,16H2,1-4H3,(H,17,18,19). The Morgan fingerprint density at radius 3 is 2.76 bits per heavy atom. The zero-order chi connectivity index (χ0) is 15.4. The molecule has 0 radical (unpaired) electrons. The van der Waals surface area contributed by atoms with Crippen LogP contribution in [0.2, 0.25) is 0 Å². The number of nitrogens with two attached hydrogens (primary N) is 1. The predicted octanol–water partition coefficient (Wildman–Crippen LogP) is 2.03. The number of morpholine rings is 1. The Morgan fingerprint density at radius 1 is 1.38 bits per heavy atom. The molecule has 21 heavy (non-hydrogen) atoms. The second kappa shape index (κ2) is 7.04. The molecule has 0 saturated carbocycles. The van der Waals surface area contributed by atoms with Gasteiger partial charge >= 0.3 is 0 Å². The first-order chi connectivity index (χ1) is 10.1. The number of rotatable bonds is 5. The van der Waals surface area contributed by atoms with Gasteiger partial charge in [0, 0.05) is 18.5 Å². The quantitative estimate of drug-likeness (QED) is 0.639. The van der Waals surface area contributed by atoms with E-state index in [0.29, 0.717) is 6.04 Å². The zero-order valence-corrected chi connectivity index (χ0v) is 13.5. The Labute approximate surface area is 127 Å². The van der Waals surface area contributed by atoms with Gasteiger partial charge in [-0.05, 0) is 26.7 Å². The van der Waals surface area contributed by atoms with Crippen molar-refractivity contribution in [1.29, 1.82) is 0 Å². The number of aromatic nitrogens is 2. The van der Waals surface area contributed by atoms with E-state index in [2.05, 4.69) is 36.1 Å². The second-order valence-electron chi connectivity index (χ2n) is 5.69. The lowest BCUT2D eigenvalue weighted by atomic mass is 10.1. The molecule has 0 aliphatic carbocycles. The Hall–Kier alpha value is -1.40. The van der Waals surface area contributed by atoms with Crippen LogP contribution >= 0.6 is 0 Å². The fourth-order valence-electron chi connectivity index (χ4n) is 2.75. The second-order valence-corrected chi connectivity index (χ2v) is 5.69. The van der Waals surface area contributed by atoms with E-state index in [-0.39, 0.29) is 6.10 Å². The third-order valence-corrected chi connectivity index (χ3v) is 3.99. The summed E-state index contributed by atoms with van der Waals surface area (Å²) in [5, 5.41) is 0. The van der Waals surface area contributed by atoms with Crippen LogP contribution in [-0.4, -0.2) is 35.3 Å². The van der Waals surface area contributed by atoms with Crippen molar-refractivity contribution in [1.82, 2.24) is 9.97 Å². The smallest absolute Gasteiger partial charge is 0.148 e. The Morgan fingerprint density at radius 2 is 2.14 bits per heavy atom. The molecule has 0 bridgehead atoms. The van der Waals surface area contributed by atoms with Gasteiger partial charge in [0.2, 0.25) is 0 Å². The summed E-state index contributed by atoms with van der Waals surface area (Å²) >= 11 is 0. The van der Waals surface area contributed by atoms with E-state index in [9.17, 15) is 0 Å². The lowest BCUT2D eigenvalue weighted by Gasteiger charge is -2.40. The van der Waals surface area contributed by atoms with Gasteiger partial charge in [-0.2, -0.15) is 0 Å². The minimum Gasteiger partial charge on any atom is -0.375 e. The number of hydrazine groups is 1. The highest BCUT2D eigenvalue weighted by atomic mass is 16.5. The molecule has 1 aliphatic heterocycles. The summed E-state index contributed by atoms with van der Waals surface area (Å²) in [5.41, 5.74) is 3.71. The Bertz CT molecular complexity index is 479. The summed E-state index contributed by atoms with van der Waals surface area (Å²) in [6, 6.07) is 0.356. The third-order valence-electron chi connectivity index (χ3n) is 3.99. The highest BCUT2D eigenvalue weighted by molar-refractivity contribution is 5.59. The highest BCUT2D eigenvalue weighted by Gasteiger charge is 2.28. The van der Waals surface area contributed by atoms with Gasteiger partial charge in [-0.1, -0.05) is 13.8 Å². The summed E-state index contributed by atoms with van der Waals surface area (Å²) in [6.07, 6.45) is 3.12. The maximum Gasteiger partial charge on any atom is 0.148 e. The van der Waals surface area contributed by atoms with Crippen molar-refractivity contribution in [2.24, 2.45) is 5.84 Å². The zero-order valence-electron chi connectivity index (χ0n) is 13.5. The van der Waals surface area contributed by atoms with Crippen LogP contribution in [-0.2, 0) is 11.2 Å². The van der Waals surface area contributed by atoms with Crippen molar-refractivity contribution in [2.45, 2.75) is 59.1 Å². The molecule has 2 unspecified atom stereocenters. The van der Waals surface area contributed by atoms with E-state index in [1.807, 2.05) is 6.92 Å². The average Bonchev–Trinajstić information content (AvgIpc) is 2.49. The molecule has 2 atom stereocenters. The van der Waals surface area contributed by atoms with Crippen molar-refractivity contribution in [3.05, 3.63) is 11.4 Å². The minimum atomic E-state index is 0.214. The molecule has 6 heteroatoms. The number of aryl methyl sites for hydroxylation is 1. The van der Waals surface area contributed by atoms with E-state index in [4.69, 9.17) is 15.6 Å². The largest absolute Gasteiger partial charge is 0.375 e. The first kappa shape index (κ1) is 16.0. The van der Waals surface area contributed by atoms with E-state index in [0.717, 1.165) is 55.4 Å². The van der Waals surface area contributed by atoms with E-state index in [1.165, 1.54) is 0 Å². The molecule has 2 heterocycles. The van der Waals surface area contributed by atoms with Gasteiger partial charge in [0.05, 0.1) is 18.8 Å². The van der Waals surface area contributed by atoms with Gasteiger partial charge in [-0.15, -0.1) is 0 Å². The molecule has 1 aromatic rings. The number of nitrogen functional groups attached to an aromatic ring is 1. The molecule has 3 N–H and O–H groups in total. The Balaban J connectivity index is 2.41. The SMILES string of the molecule is CCCc1nc(NN)c(C)c(N2CC(C)OCC2CC)n1. The molecule has 1 saturated heterocycles. The van der Waals surface area contributed by atoms with Crippen molar-refractivity contribution < 1.29 is 4.74 Å². The van der Waals surface area contributed by atoms with Crippen LogP contribution < -0.4 is 16.2 Å². The lowest BCUT2D eigenvalue weighted by molar-refractivity contribution is 0.0295. The van der Waals surface area contributed by atoms with Gasteiger partial charge in [0.15, 0.2) is 0 Å². The molecule has 118 valence electrons. The molecule has 2 rings (SSSR count). The molecule has 6 nitrogen and oxygen atoms in total. The molecule has 1 fully saturated rings. The molecular weight excluding hydrogens is 266 g/mol. The normalized spacial score (nSPS) is 22.4.